The molecule has 1 saturated carbocycles. The first-order valence-electron chi connectivity index (χ1n) is 8.72. The normalized spacial score (nSPS) is 14.9. The van der Waals surface area contributed by atoms with Gasteiger partial charge in [-0.25, -0.2) is 4.98 Å². The summed E-state index contributed by atoms with van der Waals surface area (Å²) in [4.78, 5) is 28.0. The van der Waals surface area contributed by atoms with E-state index >= 15 is 0 Å². The van der Waals surface area contributed by atoms with Gasteiger partial charge in [0.05, 0.1) is 12.2 Å². The Morgan fingerprint density at radius 1 is 1.16 bits per heavy atom. The lowest BCUT2D eigenvalue weighted by molar-refractivity contribution is -0.126. The van der Waals surface area contributed by atoms with E-state index in [1.54, 1.807) is 19.1 Å². The van der Waals surface area contributed by atoms with E-state index in [0.29, 0.717) is 12.1 Å². The molecule has 1 heterocycles. The Hall–Kier alpha value is -2.21. The van der Waals surface area contributed by atoms with Gasteiger partial charge in [0.1, 0.15) is 0 Å². The summed E-state index contributed by atoms with van der Waals surface area (Å²) in [6.45, 7) is 2.02. The first-order valence-corrected chi connectivity index (χ1v) is 9.60. The van der Waals surface area contributed by atoms with E-state index in [9.17, 15) is 9.59 Å². The van der Waals surface area contributed by atoms with Crippen LogP contribution in [0.15, 0.2) is 29.6 Å². The fraction of sp³-hybridized carbons (Fsp3) is 0.421. The highest BCUT2D eigenvalue weighted by atomic mass is 32.1. The van der Waals surface area contributed by atoms with Gasteiger partial charge in [0.25, 0.3) is 0 Å². The molecule has 132 valence electrons. The van der Waals surface area contributed by atoms with Crippen LogP contribution in [0.4, 0.5) is 10.8 Å². The number of carbonyl (C=O) groups excluding carboxylic acids is 2. The van der Waals surface area contributed by atoms with Crippen molar-refractivity contribution in [1.82, 2.24) is 10.3 Å². The Morgan fingerprint density at radius 2 is 1.88 bits per heavy atom. The Morgan fingerprint density at radius 3 is 2.56 bits per heavy atom. The molecule has 25 heavy (non-hydrogen) atoms. The zero-order valence-corrected chi connectivity index (χ0v) is 15.2. The Bertz CT molecular complexity index is 733. The second-order valence-electron chi connectivity index (χ2n) is 6.46. The van der Waals surface area contributed by atoms with Crippen LogP contribution >= 0.6 is 11.3 Å². The number of Topliss-reactive ketones (excluding diaryl/α,β-unsaturated/α-hetero) is 1. The Balaban J connectivity index is 1.51. The number of hydrogen-bond donors (Lipinski definition) is 2. The van der Waals surface area contributed by atoms with Gasteiger partial charge in [-0.15, -0.1) is 11.3 Å². The quantitative estimate of drug-likeness (QED) is 0.757. The van der Waals surface area contributed by atoms with Crippen molar-refractivity contribution in [2.75, 3.05) is 5.32 Å². The number of ketones is 1. The summed E-state index contributed by atoms with van der Waals surface area (Å²) >= 11 is 1.50. The van der Waals surface area contributed by atoms with Gasteiger partial charge >= 0.3 is 0 Å². The molecular weight excluding hydrogens is 334 g/mol. The van der Waals surface area contributed by atoms with Crippen LogP contribution in [0.5, 0.6) is 0 Å². The van der Waals surface area contributed by atoms with Crippen molar-refractivity contribution in [3.8, 4) is 0 Å². The molecule has 0 unspecified atom stereocenters. The van der Waals surface area contributed by atoms with E-state index in [0.717, 1.165) is 42.2 Å². The van der Waals surface area contributed by atoms with Gasteiger partial charge in [-0.1, -0.05) is 19.3 Å². The number of carbonyl (C=O) groups is 2. The van der Waals surface area contributed by atoms with Gasteiger partial charge in [-0.3, -0.25) is 9.59 Å². The smallest absolute Gasteiger partial charge is 0.223 e. The van der Waals surface area contributed by atoms with E-state index in [4.69, 9.17) is 0 Å². The van der Waals surface area contributed by atoms with E-state index in [1.165, 1.54) is 17.8 Å². The average Bonchev–Trinajstić information content (AvgIpc) is 3.08. The summed E-state index contributed by atoms with van der Waals surface area (Å²) in [5.41, 5.74) is 2.44. The third kappa shape index (κ3) is 4.89. The summed E-state index contributed by atoms with van der Waals surface area (Å²) in [6, 6.07) is 7.32. The number of benzene rings is 1. The van der Waals surface area contributed by atoms with Crippen molar-refractivity contribution in [2.45, 2.75) is 45.6 Å². The topological polar surface area (TPSA) is 71.1 Å². The van der Waals surface area contributed by atoms with Crippen molar-refractivity contribution in [3.63, 3.8) is 0 Å². The minimum atomic E-state index is 0.0526. The largest absolute Gasteiger partial charge is 0.350 e. The number of thiazole rings is 1. The average molecular weight is 357 g/mol. The molecule has 1 aliphatic rings. The number of nitrogens with zero attached hydrogens (tertiary/aromatic N) is 1. The van der Waals surface area contributed by atoms with Crippen molar-refractivity contribution < 1.29 is 9.59 Å². The SMILES string of the molecule is CC(=O)c1ccc(Nc2nc(CNC(=O)C3CCCCC3)cs2)cc1. The highest BCUT2D eigenvalue weighted by molar-refractivity contribution is 7.13. The van der Waals surface area contributed by atoms with Gasteiger partial charge in [-0.05, 0) is 44.0 Å². The maximum absolute atomic E-state index is 12.2. The van der Waals surface area contributed by atoms with Crippen LogP contribution < -0.4 is 10.6 Å². The molecular formula is C19H23N3O2S. The maximum Gasteiger partial charge on any atom is 0.223 e. The summed E-state index contributed by atoms with van der Waals surface area (Å²) in [7, 11) is 0. The Labute approximate surface area is 151 Å². The first kappa shape index (κ1) is 17.6. The third-order valence-electron chi connectivity index (χ3n) is 4.51. The number of aromatic nitrogens is 1. The van der Waals surface area contributed by atoms with Gasteiger partial charge in [0, 0.05) is 22.5 Å². The highest BCUT2D eigenvalue weighted by Gasteiger charge is 2.20. The molecule has 0 saturated heterocycles. The molecule has 0 spiro atoms. The molecule has 5 nitrogen and oxygen atoms in total. The summed E-state index contributed by atoms with van der Waals surface area (Å²) in [5, 5.41) is 8.96. The molecule has 3 rings (SSSR count). The van der Waals surface area contributed by atoms with Crippen LogP contribution in [-0.4, -0.2) is 16.7 Å². The Kier molecular flexibility index (Phi) is 5.81. The molecule has 1 fully saturated rings. The third-order valence-corrected chi connectivity index (χ3v) is 5.32. The zero-order chi connectivity index (χ0) is 17.6. The lowest BCUT2D eigenvalue weighted by Crippen LogP contribution is -2.31. The number of hydrogen-bond acceptors (Lipinski definition) is 5. The minimum absolute atomic E-state index is 0.0526. The molecule has 0 radical (unpaired) electrons. The maximum atomic E-state index is 12.2. The van der Waals surface area contributed by atoms with Crippen molar-refractivity contribution in [1.29, 1.82) is 0 Å². The van der Waals surface area contributed by atoms with Gasteiger partial charge in [0.15, 0.2) is 10.9 Å². The molecule has 1 aliphatic carbocycles. The molecule has 0 aliphatic heterocycles. The minimum Gasteiger partial charge on any atom is -0.350 e. The van der Waals surface area contributed by atoms with Crippen molar-refractivity contribution >= 4 is 33.8 Å². The van der Waals surface area contributed by atoms with Crippen LogP contribution in [0.2, 0.25) is 0 Å². The number of amides is 1. The monoisotopic (exact) mass is 357 g/mol. The van der Waals surface area contributed by atoms with Crippen LogP contribution in [0.3, 0.4) is 0 Å². The van der Waals surface area contributed by atoms with Crippen LogP contribution in [0.1, 0.15) is 55.1 Å². The number of rotatable bonds is 6. The standard InChI is InChI=1S/C19H23N3O2S/c1-13(23)14-7-9-16(10-8-14)21-19-22-17(12-25-19)11-20-18(24)15-5-3-2-4-6-15/h7-10,12,15H,2-6,11H2,1H3,(H,20,24)(H,21,22). The molecule has 1 aromatic heterocycles. The zero-order valence-electron chi connectivity index (χ0n) is 14.4. The van der Waals surface area contributed by atoms with Crippen LogP contribution in [0, 0.1) is 5.92 Å². The van der Waals surface area contributed by atoms with Crippen LogP contribution in [-0.2, 0) is 11.3 Å². The second-order valence-corrected chi connectivity index (χ2v) is 7.31. The molecule has 2 N–H and O–H groups in total. The van der Waals surface area contributed by atoms with Crippen molar-refractivity contribution in [2.24, 2.45) is 5.92 Å². The summed E-state index contributed by atoms with van der Waals surface area (Å²) < 4.78 is 0. The first-order chi connectivity index (χ1) is 12.1. The number of anilines is 2. The second kappa shape index (κ2) is 8.25. The van der Waals surface area contributed by atoms with E-state index in [-0.39, 0.29) is 17.6 Å². The van der Waals surface area contributed by atoms with Gasteiger partial charge in [-0.2, -0.15) is 0 Å². The lowest BCUT2D eigenvalue weighted by atomic mass is 9.89. The van der Waals surface area contributed by atoms with Crippen molar-refractivity contribution in [3.05, 3.63) is 40.9 Å². The van der Waals surface area contributed by atoms with Crippen LogP contribution in [0.25, 0.3) is 0 Å². The molecule has 1 aromatic carbocycles. The van der Waals surface area contributed by atoms with E-state index in [1.807, 2.05) is 17.5 Å². The summed E-state index contributed by atoms with van der Waals surface area (Å²) in [6.07, 6.45) is 5.58. The highest BCUT2D eigenvalue weighted by Crippen LogP contribution is 2.24. The lowest BCUT2D eigenvalue weighted by Gasteiger charge is -2.20. The molecule has 1 amide bonds. The predicted molar refractivity (Wildman–Crippen MR) is 100 cm³/mol. The molecule has 0 atom stereocenters. The summed E-state index contributed by atoms with van der Waals surface area (Å²) in [5.74, 6) is 0.378. The fourth-order valence-electron chi connectivity index (χ4n) is 3.04. The van der Waals surface area contributed by atoms with E-state index < -0.39 is 0 Å². The van der Waals surface area contributed by atoms with Gasteiger partial charge < -0.3 is 10.6 Å². The molecule has 0 bridgehead atoms. The van der Waals surface area contributed by atoms with E-state index in [2.05, 4.69) is 15.6 Å². The molecule has 6 heteroatoms. The number of nitrogens with one attached hydrogen (secondary N) is 2. The fourth-order valence-corrected chi connectivity index (χ4v) is 3.77. The molecule has 2 aromatic rings. The predicted octanol–water partition coefficient (Wildman–Crippen LogP) is 4.29. The van der Waals surface area contributed by atoms with Gasteiger partial charge in [0.2, 0.25) is 5.91 Å².